The van der Waals surface area contributed by atoms with Gasteiger partial charge in [0, 0.05) is 30.0 Å². The van der Waals surface area contributed by atoms with Crippen molar-refractivity contribution >= 4 is 11.6 Å². The molecular formula is C28H35F2N3O3. The maximum absolute atomic E-state index is 13.6. The van der Waals surface area contributed by atoms with Gasteiger partial charge in [-0.15, -0.1) is 5.10 Å². The minimum atomic E-state index is -1.39. The number of hydrogen-bond acceptors (Lipinski definition) is 6. The number of benzene rings is 2. The lowest BCUT2D eigenvalue weighted by Crippen LogP contribution is -2.42. The molecule has 0 radical (unpaired) electrons. The lowest BCUT2D eigenvalue weighted by Gasteiger charge is -2.40. The van der Waals surface area contributed by atoms with Crippen LogP contribution in [-0.2, 0) is 11.3 Å². The van der Waals surface area contributed by atoms with E-state index in [1.807, 2.05) is 17.0 Å². The summed E-state index contributed by atoms with van der Waals surface area (Å²) in [6.45, 7) is 11.7. The number of nitrogens with two attached hydrogens (primary N) is 1. The zero-order chi connectivity index (χ0) is 26.4. The van der Waals surface area contributed by atoms with Gasteiger partial charge in [0.25, 0.3) is 0 Å². The maximum atomic E-state index is 13.6. The van der Waals surface area contributed by atoms with Crippen LogP contribution in [-0.4, -0.2) is 39.8 Å². The first kappa shape index (κ1) is 27.4. The number of nitrogens with zero attached hydrogens (tertiary/aromatic N) is 2. The van der Waals surface area contributed by atoms with Crippen LogP contribution in [0.4, 0.5) is 8.78 Å². The van der Waals surface area contributed by atoms with Crippen molar-refractivity contribution in [3.63, 3.8) is 0 Å². The molecular weight excluding hydrogens is 464 g/mol. The molecule has 0 saturated carbocycles. The zero-order valence-electron chi connectivity index (χ0n) is 20.8. The number of alkyl halides is 1. The number of rotatable bonds is 11. The summed E-state index contributed by atoms with van der Waals surface area (Å²) in [7, 11) is 0. The Bertz CT molecular complexity index is 1100. The Morgan fingerprint density at radius 2 is 1.92 bits per heavy atom. The second-order valence-corrected chi connectivity index (χ2v) is 9.11. The quantitative estimate of drug-likeness (QED) is 0.133. The fraction of sp³-hybridized carbons (Fsp3) is 0.393. The lowest BCUT2D eigenvalue weighted by atomic mass is 9.84. The molecule has 2 unspecified atom stereocenters. The zero-order valence-corrected chi connectivity index (χ0v) is 20.8. The van der Waals surface area contributed by atoms with Crippen molar-refractivity contribution in [1.82, 2.24) is 4.90 Å². The molecule has 2 aromatic rings. The van der Waals surface area contributed by atoms with Crippen molar-refractivity contribution in [3.05, 3.63) is 89.5 Å². The van der Waals surface area contributed by atoms with E-state index in [0.717, 1.165) is 24.0 Å². The van der Waals surface area contributed by atoms with Crippen LogP contribution in [0.3, 0.4) is 0 Å². The van der Waals surface area contributed by atoms with E-state index in [9.17, 15) is 19.0 Å². The van der Waals surface area contributed by atoms with Crippen LogP contribution in [0.2, 0.25) is 0 Å². The Balaban J connectivity index is 1.96. The number of allylic oxidation sites excluding steroid dienone is 1. The number of hydrogen-bond donors (Lipinski definition) is 3. The smallest absolute Gasteiger partial charge is 0.242 e. The predicted octanol–water partition coefficient (Wildman–Crippen LogP) is 5.02. The van der Waals surface area contributed by atoms with Gasteiger partial charge in [-0.05, 0) is 61.1 Å². The average Bonchev–Trinajstić information content (AvgIpc) is 3.18. The molecule has 194 valence electrons. The predicted molar refractivity (Wildman–Crippen MR) is 138 cm³/mol. The maximum Gasteiger partial charge on any atom is 0.242 e. The molecule has 4 atom stereocenters. The summed E-state index contributed by atoms with van der Waals surface area (Å²) < 4.78 is 32.6. The van der Waals surface area contributed by atoms with Crippen LogP contribution >= 0.6 is 0 Å². The number of fused-ring (bicyclic) bond motifs is 1. The average molecular weight is 500 g/mol. The van der Waals surface area contributed by atoms with Crippen molar-refractivity contribution in [2.75, 3.05) is 6.61 Å². The van der Waals surface area contributed by atoms with Crippen molar-refractivity contribution in [2.24, 2.45) is 16.9 Å². The molecule has 4 N–H and O–H groups in total. The topological polar surface area (TPSA) is 91.3 Å². The van der Waals surface area contributed by atoms with Crippen molar-refractivity contribution in [2.45, 2.75) is 58.0 Å². The van der Waals surface area contributed by atoms with Crippen molar-refractivity contribution in [3.8, 4) is 0 Å². The van der Waals surface area contributed by atoms with Crippen LogP contribution in [0.1, 0.15) is 61.5 Å². The van der Waals surface area contributed by atoms with Crippen LogP contribution < -0.4 is 5.84 Å². The van der Waals surface area contributed by atoms with Gasteiger partial charge in [0.15, 0.2) is 6.17 Å². The van der Waals surface area contributed by atoms with Crippen LogP contribution in [0, 0.1) is 11.7 Å². The number of ether oxygens (including phenoxy) is 1. The third-order valence-corrected chi connectivity index (χ3v) is 6.68. The van der Waals surface area contributed by atoms with E-state index in [4.69, 9.17) is 10.6 Å². The number of halogens is 2. The first-order valence-corrected chi connectivity index (χ1v) is 12.1. The van der Waals surface area contributed by atoms with Gasteiger partial charge in [-0.1, -0.05) is 44.7 Å². The SMILES string of the molecule is C=C(O/C(=N\N)c1ccc2c(c1)C(=C)N([C@H](C(CCC)CCO)[C@H](O)c1ccc(F)cc1)C2)C(C)F. The third kappa shape index (κ3) is 5.94. The van der Waals surface area contributed by atoms with E-state index in [1.54, 1.807) is 18.2 Å². The third-order valence-electron chi connectivity index (χ3n) is 6.68. The fourth-order valence-corrected chi connectivity index (χ4v) is 4.76. The molecule has 1 aliphatic heterocycles. The van der Waals surface area contributed by atoms with Crippen molar-refractivity contribution in [1.29, 1.82) is 0 Å². The van der Waals surface area contributed by atoms with Gasteiger partial charge in [-0.25, -0.2) is 8.78 Å². The molecule has 0 bridgehead atoms. The standard InChI is InChI=1S/C28H35F2N3O3/c1-5-6-20(13-14-34)26(27(35)21-9-11-24(30)12-10-21)33-16-23-8-7-22(15-25(23)18(33)3)28(32-31)36-19(4)17(2)29/h7-12,15,17,20,26-27,34-35H,3-6,13-14,16,31H2,1-2H3/b32-28-/t17?,20?,26-,27-/m1/s1. The molecule has 0 fully saturated rings. The first-order valence-electron chi connectivity index (χ1n) is 12.1. The Morgan fingerprint density at radius 3 is 2.50 bits per heavy atom. The Morgan fingerprint density at radius 1 is 1.22 bits per heavy atom. The summed E-state index contributed by atoms with van der Waals surface area (Å²) in [5.41, 5.74) is 3.62. The van der Waals surface area contributed by atoms with E-state index in [2.05, 4.69) is 25.2 Å². The molecule has 1 aliphatic rings. The molecule has 6 nitrogen and oxygen atoms in total. The molecule has 0 amide bonds. The molecule has 0 saturated heterocycles. The monoisotopic (exact) mass is 499 g/mol. The Labute approximate surface area is 211 Å². The van der Waals surface area contributed by atoms with Gasteiger partial charge in [-0.2, -0.15) is 0 Å². The fourth-order valence-electron chi connectivity index (χ4n) is 4.76. The van der Waals surface area contributed by atoms with E-state index < -0.39 is 18.3 Å². The first-order chi connectivity index (χ1) is 17.2. The summed E-state index contributed by atoms with van der Waals surface area (Å²) in [6, 6.07) is 10.9. The molecule has 0 aromatic heterocycles. The van der Waals surface area contributed by atoms with E-state index in [1.165, 1.54) is 19.1 Å². The highest BCUT2D eigenvalue weighted by atomic mass is 19.1. The molecule has 0 spiro atoms. The van der Waals surface area contributed by atoms with Crippen LogP contribution in [0.15, 0.2) is 66.5 Å². The molecule has 8 heteroatoms. The van der Waals surface area contributed by atoms with Gasteiger partial charge in [0.1, 0.15) is 11.6 Å². The van der Waals surface area contributed by atoms with E-state index in [-0.39, 0.29) is 30.0 Å². The second-order valence-electron chi connectivity index (χ2n) is 9.11. The summed E-state index contributed by atoms with van der Waals surface area (Å²) in [5.74, 6) is 5.03. The highest BCUT2D eigenvalue weighted by Gasteiger charge is 2.38. The van der Waals surface area contributed by atoms with Gasteiger partial charge in [0.2, 0.25) is 5.90 Å². The van der Waals surface area contributed by atoms with Crippen LogP contribution in [0.5, 0.6) is 0 Å². The lowest BCUT2D eigenvalue weighted by molar-refractivity contribution is 0.0322. The number of aliphatic hydroxyl groups is 2. The molecule has 36 heavy (non-hydrogen) atoms. The summed E-state index contributed by atoms with van der Waals surface area (Å²) in [4.78, 5) is 2.04. The second kappa shape index (κ2) is 12.1. The molecule has 1 heterocycles. The van der Waals surface area contributed by atoms with Gasteiger partial charge in [-0.3, -0.25) is 0 Å². The Kier molecular flexibility index (Phi) is 9.23. The molecule has 2 aromatic carbocycles. The number of hydrazone groups is 1. The van der Waals surface area contributed by atoms with E-state index >= 15 is 0 Å². The van der Waals surface area contributed by atoms with Gasteiger partial charge >= 0.3 is 0 Å². The van der Waals surface area contributed by atoms with Crippen molar-refractivity contribution < 1.29 is 23.7 Å². The normalized spacial score (nSPS) is 16.9. The summed E-state index contributed by atoms with van der Waals surface area (Å²) in [6.07, 6.45) is -0.158. The molecule has 3 rings (SSSR count). The Hall–Kier alpha value is -3.23. The highest BCUT2D eigenvalue weighted by Crippen LogP contribution is 2.41. The largest absolute Gasteiger partial charge is 0.439 e. The van der Waals surface area contributed by atoms with Crippen LogP contribution in [0.25, 0.3) is 5.70 Å². The molecule has 0 aliphatic carbocycles. The minimum absolute atomic E-state index is 0.0146. The number of aliphatic hydroxyl groups excluding tert-OH is 2. The highest BCUT2D eigenvalue weighted by molar-refractivity contribution is 5.95. The summed E-state index contributed by atoms with van der Waals surface area (Å²) >= 11 is 0. The van der Waals surface area contributed by atoms with Gasteiger partial charge in [0.05, 0.1) is 12.1 Å². The minimum Gasteiger partial charge on any atom is -0.439 e. The van der Waals surface area contributed by atoms with Gasteiger partial charge < -0.3 is 25.7 Å². The van der Waals surface area contributed by atoms with E-state index in [0.29, 0.717) is 29.8 Å². The summed E-state index contributed by atoms with van der Waals surface area (Å²) in [5, 5.41) is 24.9.